The molecule has 1 heterocycles. The third kappa shape index (κ3) is 3.28. The van der Waals surface area contributed by atoms with Crippen molar-refractivity contribution in [2.45, 2.75) is 12.5 Å². The van der Waals surface area contributed by atoms with E-state index in [1.165, 1.54) is 0 Å². The number of esters is 1. The Labute approximate surface area is 99.8 Å². The average Bonchev–Trinajstić information content (AvgIpc) is 2.33. The zero-order chi connectivity index (χ0) is 12.3. The number of hydrogen-bond acceptors (Lipinski definition) is 4. The highest BCUT2D eigenvalue weighted by atomic mass is 32.2. The lowest BCUT2D eigenvalue weighted by molar-refractivity contribution is -0.161. The molecule has 0 unspecified atom stereocenters. The normalized spacial score (nSPS) is 19.5. The van der Waals surface area contributed by atoms with Gasteiger partial charge in [0.1, 0.15) is 6.61 Å². The van der Waals surface area contributed by atoms with Crippen LogP contribution in [0.4, 0.5) is 0 Å². The van der Waals surface area contributed by atoms with Crippen LogP contribution in [0.25, 0.3) is 0 Å². The van der Waals surface area contributed by atoms with E-state index in [1.807, 2.05) is 30.3 Å². The fraction of sp³-hybridized carbons (Fsp3) is 0.364. The number of carbonyl (C=O) groups excluding carboxylic acids is 1. The molecule has 1 aliphatic rings. The number of cyclic esters (lactones) is 1. The summed E-state index contributed by atoms with van der Waals surface area (Å²) in [4.78, 5) is 10.8. The van der Waals surface area contributed by atoms with Crippen LogP contribution in [0, 0.1) is 0 Å². The summed E-state index contributed by atoms with van der Waals surface area (Å²) in [6.45, 7) is 0.128. The largest absolute Gasteiger partial charge is 0.462 e. The summed E-state index contributed by atoms with van der Waals surface area (Å²) in [6.07, 6.45) is 0.429. The first kappa shape index (κ1) is 12.1. The number of nitrogens with one attached hydrogen (secondary N) is 1. The number of carbonyl (C=O) groups is 1. The van der Waals surface area contributed by atoms with Crippen LogP contribution in [0.3, 0.4) is 0 Å². The molecular weight excluding hydrogens is 242 g/mol. The summed E-state index contributed by atoms with van der Waals surface area (Å²) in [5.74, 6) is -0.533. The van der Waals surface area contributed by atoms with Gasteiger partial charge in [-0.05, 0) is 12.0 Å². The van der Waals surface area contributed by atoms with E-state index in [0.29, 0.717) is 6.42 Å². The Balaban J connectivity index is 1.87. The molecule has 1 aliphatic heterocycles. The third-order valence-corrected chi connectivity index (χ3v) is 3.89. The second kappa shape index (κ2) is 4.85. The van der Waals surface area contributed by atoms with Crippen molar-refractivity contribution in [1.82, 2.24) is 4.72 Å². The first-order valence-corrected chi connectivity index (χ1v) is 6.93. The number of aryl methyl sites for hydroxylation is 1. The van der Waals surface area contributed by atoms with E-state index in [2.05, 4.69) is 9.46 Å². The molecule has 2 rings (SSSR count). The molecule has 1 fully saturated rings. The van der Waals surface area contributed by atoms with Crippen molar-refractivity contribution in [2.75, 3.05) is 12.4 Å². The molecule has 1 aromatic carbocycles. The lowest BCUT2D eigenvalue weighted by Crippen LogP contribution is -2.53. The maximum atomic E-state index is 11.6. The van der Waals surface area contributed by atoms with Gasteiger partial charge in [0.15, 0.2) is 6.04 Å². The predicted molar refractivity (Wildman–Crippen MR) is 61.8 cm³/mol. The minimum absolute atomic E-state index is 0.0270. The minimum atomic E-state index is -3.42. The zero-order valence-corrected chi connectivity index (χ0v) is 9.94. The summed E-state index contributed by atoms with van der Waals surface area (Å²) in [5, 5.41) is 0. The van der Waals surface area contributed by atoms with E-state index in [-0.39, 0.29) is 12.4 Å². The Kier molecular flexibility index (Phi) is 3.44. The second-order valence-corrected chi connectivity index (χ2v) is 5.73. The van der Waals surface area contributed by atoms with E-state index in [9.17, 15) is 13.2 Å². The SMILES string of the molecule is O=C1OC[C@@H]1NS(=O)(=O)CCc1ccccc1. The molecule has 5 nitrogen and oxygen atoms in total. The highest BCUT2D eigenvalue weighted by molar-refractivity contribution is 7.89. The average molecular weight is 255 g/mol. The standard InChI is InChI=1S/C11H13NO4S/c13-11-10(8-16-11)12-17(14,15)7-6-9-4-2-1-3-5-9/h1-5,10,12H,6-8H2/t10-/m0/s1. The summed E-state index contributed by atoms with van der Waals surface area (Å²) in [5.41, 5.74) is 0.953. The number of sulfonamides is 1. The lowest BCUT2D eigenvalue weighted by Gasteiger charge is -2.24. The van der Waals surface area contributed by atoms with E-state index >= 15 is 0 Å². The molecular formula is C11H13NO4S. The van der Waals surface area contributed by atoms with E-state index in [0.717, 1.165) is 5.56 Å². The van der Waals surface area contributed by atoms with E-state index < -0.39 is 22.0 Å². The fourth-order valence-electron chi connectivity index (χ4n) is 1.49. The van der Waals surface area contributed by atoms with Crippen LogP contribution < -0.4 is 4.72 Å². The molecule has 0 spiro atoms. The van der Waals surface area contributed by atoms with Crippen molar-refractivity contribution in [1.29, 1.82) is 0 Å². The Morgan fingerprint density at radius 2 is 2.00 bits per heavy atom. The Morgan fingerprint density at radius 1 is 1.29 bits per heavy atom. The molecule has 1 aromatic rings. The molecule has 1 atom stereocenters. The fourth-order valence-corrected chi connectivity index (χ4v) is 2.71. The van der Waals surface area contributed by atoms with E-state index in [1.54, 1.807) is 0 Å². The molecule has 6 heteroatoms. The molecule has 0 bridgehead atoms. The third-order valence-electron chi connectivity index (χ3n) is 2.50. The molecule has 0 amide bonds. The van der Waals surface area contributed by atoms with Gasteiger partial charge in [0, 0.05) is 0 Å². The number of rotatable bonds is 5. The first-order chi connectivity index (χ1) is 8.07. The van der Waals surface area contributed by atoms with Crippen molar-refractivity contribution in [2.24, 2.45) is 0 Å². The van der Waals surface area contributed by atoms with Crippen LogP contribution >= 0.6 is 0 Å². The number of benzene rings is 1. The molecule has 1 N–H and O–H groups in total. The van der Waals surface area contributed by atoms with Gasteiger partial charge in [-0.15, -0.1) is 0 Å². The van der Waals surface area contributed by atoms with Gasteiger partial charge in [-0.3, -0.25) is 4.79 Å². The topological polar surface area (TPSA) is 72.5 Å². The highest BCUT2D eigenvalue weighted by Crippen LogP contribution is 2.06. The Bertz CT molecular complexity index is 497. The van der Waals surface area contributed by atoms with Crippen molar-refractivity contribution in [3.63, 3.8) is 0 Å². The molecule has 0 radical (unpaired) electrons. The van der Waals surface area contributed by atoms with E-state index in [4.69, 9.17) is 0 Å². The minimum Gasteiger partial charge on any atom is -0.462 e. The monoisotopic (exact) mass is 255 g/mol. The van der Waals surface area contributed by atoms with Gasteiger partial charge in [0.25, 0.3) is 0 Å². The van der Waals surface area contributed by atoms with Crippen LogP contribution in [0.15, 0.2) is 30.3 Å². The quantitative estimate of drug-likeness (QED) is 0.756. The van der Waals surface area contributed by atoms with Gasteiger partial charge in [-0.2, -0.15) is 4.72 Å². The summed E-state index contributed by atoms with van der Waals surface area (Å²) < 4.78 is 30.1. The summed E-state index contributed by atoms with van der Waals surface area (Å²) >= 11 is 0. The first-order valence-electron chi connectivity index (χ1n) is 5.27. The molecule has 0 aromatic heterocycles. The van der Waals surface area contributed by atoms with Gasteiger partial charge in [-0.25, -0.2) is 8.42 Å². The van der Waals surface area contributed by atoms with Gasteiger partial charge < -0.3 is 4.74 Å². The van der Waals surface area contributed by atoms with Crippen LogP contribution in [0.1, 0.15) is 5.56 Å². The summed E-state index contributed by atoms with van der Waals surface area (Å²) in [7, 11) is -3.42. The maximum Gasteiger partial charge on any atom is 0.327 e. The number of hydrogen-bond donors (Lipinski definition) is 1. The molecule has 1 saturated heterocycles. The van der Waals surface area contributed by atoms with Crippen LogP contribution in [-0.2, 0) is 26.0 Å². The smallest absolute Gasteiger partial charge is 0.327 e. The van der Waals surface area contributed by atoms with Gasteiger partial charge in [0.05, 0.1) is 5.75 Å². The van der Waals surface area contributed by atoms with Crippen molar-refractivity contribution in [3.8, 4) is 0 Å². The van der Waals surface area contributed by atoms with Crippen LogP contribution in [0.5, 0.6) is 0 Å². The molecule has 92 valence electrons. The Hall–Kier alpha value is -1.40. The molecule has 0 saturated carbocycles. The molecule has 17 heavy (non-hydrogen) atoms. The predicted octanol–water partition coefficient (Wildman–Crippen LogP) is 0.0739. The van der Waals surface area contributed by atoms with Crippen molar-refractivity contribution >= 4 is 16.0 Å². The number of ether oxygens (including phenoxy) is 1. The van der Waals surface area contributed by atoms with Crippen molar-refractivity contribution in [3.05, 3.63) is 35.9 Å². The van der Waals surface area contributed by atoms with Crippen molar-refractivity contribution < 1.29 is 17.9 Å². The van der Waals surface area contributed by atoms with Gasteiger partial charge in [0.2, 0.25) is 10.0 Å². The highest BCUT2D eigenvalue weighted by Gasteiger charge is 2.34. The summed E-state index contributed by atoms with van der Waals surface area (Å²) in [6, 6.07) is 8.63. The Morgan fingerprint density at radius 3 is 2.53 bits per heavy atom. The van der Waals surface area contributed by atoms with Crippen LogP contribution in [0.2, 0.25) is 0 Å². The molecule has 0 aliphatic carbocycles. The van der Waals surface area contributed by atoms with Gasteiger partial charge >= 0.3 is 5.97 Å². The zero-order valence-electron chi connectivity index (χ0n) is 9.13. The second-order valence-electron chi connectivity index (χ2n) is 3.85. The van der Waals surface area contributed by atoms with Gasteiger partial charge in [-0.1, -0.05) is 30.3 Å². The maximum absolute atomic E-state index is 11.6. The van der Waals surface area contributed by atoms with Crippen LogP contribution in [-0.4, -0.2) is 32.8 Å². The lowest BCUT2D eigenvalue weighted by atomic mass is 10.2.